The standard InChI is InChI=1S/C81H154O17P2/c1-6-9-12-15-18-20-22-24-26-27-28-29-34-37-41-45-50-55-60-65-79(84)92-71-77(98-81(86)67-62-57-52-47-43-39-35-31-30-33-36-40-44-49-53-58-63-74(4)5)73-96-100(89,90)94-69-75(82)68-93-99(87,88)95-72-76(70-91-78(83)64-59-54-48-17-14-11-8-3)97-80(85)66-61-56-51-46-42-38-32-25-23-21-19-16-13-10-7-2/h21,23,25,32,74-77,82H,6-20,22,24,26-31,33-73H2,1-5H3,(H,87,88)(H,89,90)/b23-21-,32-25-/t75-,76+,77+/m0/s1. The van der Waals surface area contributed by atoms with Crippen LogP contribution in [0.15, 0.2) is 24.3 Å². The number of esters is 4. The third-order valence-corrected chi connectivity index (χ3v) is 20.3. The van der Waals surface area contributed by atoms with Crippen LogP contribution >= 0.6 is 15.6 Å². The minimum atomic E-state index is -4.96. The van der Waals surface area contributed by atoms with Crippen LogP contribution in [0.3, 0.4) is 0 Å². The molecule has 0 radical (unpaired) electrons. The molecule has 0 amide bonds. The van der Waals surface area contributed by atoms with Crippen LogP contribution in [0.1, 0.15) is 407 Å². The molecule has 17 nitrogen and oxygen atoms in total. The number of hydrogen-bond donors (Lipinski definition) is 3. The molecule has 2 unspecified atom stereocenters. The molecule has 0 aromatic carbocycles. The molecule has 0 spiro atoms. The molecule has 590 valence electrons. The summed E-state index contributed by atoms with van der Waals surface area (Å²) in [5.74, 6) is -1.33. The second kappa shape index (κ2) is 73.4. The van der Waals surface area contributed by atoms with Crippen molar-refractivity contribution in [1.29, 1.82) is 0 Å². The normalized spacial score (nSPS) is 14.0. The first kappa shape index (κ1) is 97.5. The number of aliphatic hydroxyl groups excluding tert-OH is 1. The zero-order chi connectivity index (χ0) is 73.4. The number of ether oxygens (including phenoxy) is 4. The lowest BCUT2D eigenvalue weighted by Crippen LogP contribution is -2.30. The lowest BCUT2D eigenvalue weighted by atomic mass is 10.0. The van der Waals surface area contributed by atoms with Gasteiger partial charge in [-0.2, -0.15) is 0 Å². The van der Waals surface area contributed by atoms with Gasteiger partial charge in [-0.15, -0.1) is 0 Å². The first-order chi connectivity index (χ1) is 48.5. The van der Waals surface area contributed by atoms with Crippen molar-refractivity contribution in [2.75, 3.05) is 39.6 Å². The van der Waals surface area contributed by atoms with Crippen molar-refractivity contribution in [2.45, 2.75) is 425 Å². The van der Waals surface area contributed by atoms with Gasteiger partial charge in [0.1, 0.15) is 19.3 Å². The van der Waals surface area contributed by atoms with E-state index in [1.807, 2.05) is 0 Å². The zero-order valence-corrected chi connectivity index (χ0v) is 66.6. The van der Waals surface area contributed by atoms with Gasteiger partial charge in [0.2, 0.25) is 0 Å². The number of unbranched alkanes of at least 4 members (excludes halogenated alkanes) is 48. The van der Waals surface area contributed by atoms with Crippen molar-refractivity contribution in [3.63, 3.8) is 0 Å². The number of carbonyl (C=O) groups is 4. The molecule has 0 aliphatic heterocycles. The Morgan fingerprint density at radius 3 is 0.820 bits per heavy atom. The lowest BCUT2D eigenvalue weighted by molar-refractivity contribution is -0.161. The largest absolute Gasteiger partial charge is 0.472 e. The molecule has 0 saturated heterocycles. The molecular formula is C81H154O17P2. The van der Waals surface area contributed by atoms with Crippen molar-refractivity contribution in [2.24, 2.45) is 5.92 Å². The minimum absolute atomic E-state index is 0.0850. The Labute approximate surface area is 612 Å². The molecule has 19 heteroatoms. The van der Waals surface area contributed by atoms with Crippen LogP contribution in [0.5, 0.6) is 0 Å². The molecule has 0 aromatic heterocycles. The molecule has 0 aliphatic rings. The second-order valence-corrected chi connectivity index (χ2v) is 31.9. The molecule has 0 rings (SSSR count). The van der Waals surface area contributed by atoms with Crippen LogP contribution in [0.4, 0.5) is 0 Å². The lowest BCUT2D eigenvalue weighted by Gasteiger charge is -2.21. The van der Waals surface area contributed by atoms with Gasteiger partial charge in [-0.1, -0.05) is 354 Å². The maximum atomic E-state index is 13.1. The average Bonchev–Trinajstić information content (AvgIpc) is 0.942. The van der Waals surface area contributed by atoms with Gasteiger partial charge < -0.3 is 33.8 Å². The first-order valence-corrected chi connectivity index (χ1v) is 44.4. The Hall–Kier alpha value is -2.46. The van der Waals surface area contributed by atoms with Crippen molar-refractivity contribution in [3.8, 4) is 0 Å². The fourth-order valence-electron chi connectivity index (χ4n) is 12.0. The van der Waals surface area contributed by atoms with Crippen LogP contribution in [0.25, 0.3) is 0 Å². The number of phosphoric acid groups is 2. The molecule has 0 bridgehead atoms. The van der Waals surface area contributed by atoms with Gasteiger partial charge in [-0.25, -0.2) is 9.13 Å². The van der Waals surface area contributed by atoms with Crippen molar-refractivity contribution in [1.82, 2.24) is 0 Å². The molecule has 0 heterocycles. The van der Waals surface area contributed by atoms with E-state index in [9.17, 15) is 43.2 Å². The Balaban J connectivity index is 5.21. The summed E-state index contributed by atoms with van der Waals surface area (Å²) in [6.07, 6.45) is 67.6. The number of aliphatic hydroxyl groups is 1. The summed E-state index contributed by atoms with van der Waals surface area (Å²) in [4.78, 5) is 72.8. The molecule has 0 saturated carbocycles. The summed E-state index contributed by atoms with van der Waals surface area (Å²) in [6, 6.07) is 0. The number of phosphoric ester groups is 2. The number of rotatable bonds is 79. The van der Waals surface area contributed by atoms with Crippen LogP contribution in [-0.4, -0.2) is 96.7 Å². The van der Waals surface area contributed by atoms with Gasteiger partial charge in [0.15, 0.2) is 12.2 Å². The van der Waals surface area contributed by atoms with Gasteiger partial charge in [-0.05, 0) is 57.3 Å². The molecule has 0 aromatic rings. The maximum absolute atomic E-state index is 13.1. The summed E-state index contributed by atoms with van der Waals surface area (Å²) in [7, 11) is -9.93. The number of allylic oxidation sites excluding steroid dienone is 4. The highest BCUT2D eigenvalue weighted by Crippen LogP contribution is 2.45. The van der Waals surface area contributed by atoms with E-state index >= 15 is 0 Å². The molecule has 0 aliphatic carbocycles. The van der Waals surface area contributed by atoms with E-state index in [-0.39, 0.29) is 25.7 Å². The Morgan fingerprint density at radius 1 is 0.310 bits per heavy atom. The average molecular weight is 1460 g/mol. The second-order valence-electron chi connectivity index (χ2n) is 29.0. The smallest absolute Gasteiger partial charge is 0.462 e. The van der Waals surface area contributed by atoms with Gasteiger partial charge in [0.05, 0.1) is 26.4 Å². The highest BCUT2D eigenvalue weighted by Gasteiger charge is 2.30. The fraction of sp³-hybridized carbons (Fsp3) is 0.901. The Kier molecular flexibility index (Phi) is 71.6. The highest BCUT2D eigenvalue weighted by atomic mass is 31.2. The summed E-state index contributed by atoms with van der Waals surface area (Å²) in [5.41, 5.74) is 0. The van der Waals surface area contributed by atoms with Crippen molar-refractivity contribution >= 4 is 39.5 Å². The SMILES string of the molecule is CCCCCC/C=C\C=C/CCCCCCCC(=O)O[C@H](COC(=O)CCCCCCCCC)COP(=O)(O)OC[C@H](O)COP(=O)(O)OC[C@@H](COC(=O)CCCCCCCCCCCCCCCCCCCCC)OC(=O)CCCCCCCCCCCCCCCCCCC(C)C. The Bertz CT molecular complexity index is 2000. The van der Waals surface area contributed by atoms with E-state index in [1.54, 1.807) is 0 Å². The van der Waals surface area contributed by atoms with E-state index in [0.717, 1.165) is 121 Å². The predicted molar refractivity (Wildman–Crippen MR) is 409 cm³/mol. The summed E-state index contributed by atoms with van der Waals surface area (Å²) < 4.78 is 68.5. The molecule has 0 fully saturated rings. The monoisotopic (exact) mass is 1460 g/mol. The first-order valence-electron chi connectivity index (χ1n) is 41.5. The highest BCUT2D eigenvalue weighted by molar-refractivity contribution is 7.47. The van der Waals surface area contributed by atoms with Gasteiger partial charge in [0, 0.05) is 25.7 Å². The summed E-state index contributed by atoms with van der Waals surface area (Å²) in [5, 5.41) is 10.6. The minimum Gasteiger partial charge on any atom is -0.462 e. The predicted octanol–water partition coefficient (Wildman–Crippen LogP) is 24.0. The van der Waals surface area contributed by atoms with Crippen LogP contribution < -0.4 is 0 Å². The Morgan fingerprint density at radius 2 is 0.540 bits per heavy atom. The fourth-order valence-corrected chi connectivity index (χ4v) is 13.6. The van der Waals surface area contributed by atoms with Crippen LogP contribution in [0.2, 0.25) is 0 Å². The quantitative estimate of drug-likeness (QED) is 0.0169. The van der Waals surface area contributed by atoms with Gasteiger partial charge in [-0.3, -0.25) is 37.3 Å². The zero-order valence-electron chi connectivity index (χ0n) is 64.8. The van der Waals surface area contributed by atoms with Crippen molar-refractivity contribution in [3.05, 3.63) is 24.3 Å². The topological polar surface area (TPSA) is 237 Å². The van der Waals surface area contributed by atoms with Crippen LogP contribution in [0, 0.1) is 5.92 Å². The molecular weight excluding hydrogens is 1310 g/mol. The molecule has 3 N–H and O–H groups in total. The van der Waals surface area contributed by atoms with E-state index < -0.39 is 97.5 Å². The van der Waals surface area contributed by atoms with E-state index in [0.29, 0.717) is 25.7 Å². The van der Waals surface area contributed by atoms with Gasteiger partial charge in [0.25, 0.3) is 0 Å². The van der Waals surface area contributed by atoms with Gasteiger partial charge >= 0.3 is 39.5 Å². The summed E-state index contributed by atoms with van der Waals surface area (Å²) >= 11 is 0. The third-order valence-electron chi connectivity index (χ3n) is 18.4. The van der Waals surface area contributed by atoms with Crippen molar-refractivity contribution < 1.29 is 80.2 Å². The maximum Gasteiger partial charge on any atom is 0.472 e. The van der Waals surface area contributed by atoms with E-state index in [1.165, 1.54) is 205 Å². The number of hydrogen-bond acceptors (Lipinski definition) is 15. The van der Waals surface area contributed by atoms with Crippen LogP contribution in [-0.2, 0) is 65.4 Å². The van der Waals surface area contributed by atoms with E-state index in [2.05, 4.69) is 58.9 Å². The van der Waals surface area contributed by atoms with E-state index in [4.69, 9.17) is 37.0 Å². The summed E-state index contributed by atoms with van der Waals surface area (Å²) in [6.45, 7) is 7.25. The third kappa shape index (κ3) is 73.8. The molecule has 100 heavy (non-hydrogen) atoms. The molecule has 5 atom stereocenters. The number of carbonyl (C=O) groups excluding carboxylic acids is 4.